The number of aromatic nitrogens is 2. The lowest BCUT2D eigenvalue weighted by Crippen LogP contribution is -2.22. The Morgan fingerprint density at radius 3 is 2.59 bits per heavy atom. The van der Waals surface area contributed by atoms with E-state index in [-0.39, 0.29) is 5.69 Å². The second-order valence-electron chi connectivity index (χ2n) is 4.28. The van der Waals surface area contributed by atoms with Gasteiger partial charge in [0.1, 0.15) is 0 Å². The van der Waals surface area contributed by atoms with Crippen molar-refractivity contribution in [3.8, 4) is 0 Å². The molecule has 0 aliphatic heterocycles. The maximum absolute atomic E-state index is 11.7. The molecular formula is C13H17N3O. The van der Waals surface area contributed by atoms with Gasteiger partial charge in [0.25, 0.3) is 0 Å². The molecule has 2 aromatic rings. The van der Waals surface area contributed by atoms with Crippen LogP contribution < -0.4 is 11.4 Å². The van der Waals surface area contributed by atoms with Gasteiger partial charge in [-0.25, -0.2) is 4.79 Å². The van der Waals surface area contributed by atoms with E-state index in [1.165, 1.54) is 5.56 Å². The highest BCUT2D eigenvalue weighted by Gasteiger charge is 2.04. The predicted octanol–water partition coefficient (Wildman–Crippen LogP) is 1.00. The second-order valence-corrected chi connectivity index (χ2v) is 4.28. The molecule has 2 N–H and O–H groups in total. The number of imidazole rings is 1. The molecule has 90 valence electrons. The minimum atomic E-state index is 0.00676. The minimum absolute atomic E-state index is 0.00676. The van der Waals surface area contributed by atoms with Crippen LogP contribution in [0.5, 0.6) is 0 Å². The van der Waals surface area contributed by atoms with Crippen LogP contribution in [-0.4, -0.2) is 9.13 Å². The van der Waals surface area contributed by atoms with Crippen molar-refractivity contribution in [2.24, 2.45) is 12.8 Å². The number of rotatable bonds is 3. The van der Waals surface area contributed by atoms with E-state index in [2.05, 4.69) is 6.07 Å². The van der Waals surface area contributed by atoms with Gasteiger partial charge in [-0.1, -0.05) is 18.2 Å². The molecule has 1 aromatic carbocycles. The van der Waals surface area contributed by atoms with Crippen molar-refractivity contribution in [2.45, 2.75) is 20.0 Å². The summed E-state index contributed by atoms with van der Waals surface area (Å²) in [6, 6.07) is 6.12. The first-order valence-corrected chi connectivity index (χ1v) is 5.62. The van der Waals surface area contributed by atoms with Gasteiger partial charge in [-0.3, -0.25) is 4.57 Å². The SMILES string of the molecule is Cc1cc(CN)ccc1Cn1ccn(C)c1=O. The van der Waals surface area contributed by atoms with Gasteiger partial charge in [-0.2, -0.15) is 0 Å². The monoisotopic (exact) mass is 231 g/mol. The summed E-state index contributed by atoms with van der Waals surface area (Å²) in [5, 5.41) is 0. The van der Waals surface area contributed by atoms with E-state index < -0.39 is 0 Å². The number of nitrogens with zero attached hydrogens (tertiary/aromatic N) is 2. The zero-order valence-corrected chi connectivity index (χ0v) is 10.2. The predicted molar refractivity (Wildman–Crippen MR) is 67.8 cm³/mol. The van der Waals surface area contributed by atoms with Crippen molar-refractivity contribution >= 4 is 0 Å². The summed E-state index contributed by atoms with van der Waals surface area (Å²) in [5.74, 6) is 0. The Balaban J connectivity index is 2.30. The van der Waals surface area contributed by atoms with Crippen molar-refractivity contribution in [3.63, 3.8) is 0 Å². The number of hydrogen-bond donors (Lipinski definition) is 1. The Morgan fingerprint density at radius 2 is 2.06 bits per heavy atom. The van der Waals surface area contributed by atoms with E-state index in [0.29, 0.717) is 13.1 Å². The third-order valence-corrected chi connectivity index (χ3v) is 3.00. The summed E-state index contributed by atoms with van der Waals surface area (Å²) in [6.07, 6.45) is 3.57. The molecule has 2 rings (SSSR count). The standard InChI is InChI=1S/C13H17N3O/c1-10-7-11(8-14)3-4-12(10)9-16-6-5-15(2)13(16)17/h3-7H,8-9,14H2,1-2H3. The smallest absolute Gasteiger partial charge is 0.326 e. The summed E-state index contributed by atoms with van der Waals surface area (Å²) >= 11 is 0. The van der Waals surface area contributed by atoms with Gasteiger partial charge in [-0.05, 0) is 23.6 Å². The molecule has 0 radical (unpaired) electrons. The lowest BCUT2D eigenvalue weighted by Gasteiger charge is -2.08. The summed E-state index contributed by atoms with van der Waals surface area (Å²) in [5.41, 5.74) is 9.03. The highest BCUT2D eigenvalue weighted by molar-refractivity contribution is 5.31. The molecule has 4 heteroatoms. The molecule has 1 heterocycles. The maximum atomic E-state index is 11.7. The van der Waals surface area contributed by atoms with Gasteiger partial charge in [0.05, 0.1) is 6.54 Å². The second kappa shape index (κ2) is 4.59. The van der Waals surface area contributed by atoms with Crippen LogP contribution in [-0.2, 0) is 20.1 Å². The normalized spacial score (nSPS) is 10.8. The summed E-state index contributed by atoms with van der Waals surface area (Å²) in [6.45, 7) is 3.20. The first-order chi connectivity index (χ1) is 8.11. The maximum Gasteiger partial charge on any atom is 0.328 e. The largest absolute Gasteiger partial charge is 0.328 e. The molecule has 0 aliphatic rings. The van der Waals surface area contributed by atoms with Crippen molar-refractivity contribution in [2.75, 3.05) is 0 Å². The van der Waals surface area contributed by atoms with Gasteiger partial charge in [0.2, 0.25) is 0 Å². The molecule has 0 amide bonds. The molecule has 1 aromatic heterocycles. The van der Waals surface area contributed by atoms with Crippen LogP contribution in [0.25, 0.3) is 0 Å². The Labute approximate surface area is 100 Å². The Bertz CT molecular complexity index is 581. The lowest BCUT2D eigenvalue weighted by molar-refractivity contribution is 0.715. The van der Waals surface area contributed by atoms with Gasteiger partial charge >= 0.3 is 5.69 Å². The Kier molecular flexibility index (Phi) is 3.15. The van der Waals surface area contributed by atoms with Crippen LogP contribution in [0.1, 0.15) is 16.7 Å². The molecular weight excluding hydrogens is 214 g/mol. The van der Waals surface area contributed by atoms with Crippen molar-refractivity contribution in [1.82, 2.24) is 9.13 Å². The highest BCUT2D eigenvalue weighted by atomic mass is 16.1. The van der Waals surface area contributed by atoms with Crippen LogP contribution in [0.15, 0.2) is 35.4 Å². The number of hydrogen-bond acceptors (Lipinski definition) is 2. The first kappa shape index (κ1) is 11.7. The quantitative estimate of drug-likeness (QED) is 0.857. The third kappa shape index (κ3) is 2.31. The van der Waals surface area contributed by atoms with E-state index in [9.17, 15) is 4.79 Å². The fourth-order valence-electron chi connectivity index (χ4n) is 1.88. The third-order valence-electron chi connectivity index (χ3n) is 3.00. The Hall–Kier alpha value is -1.81. The van der Waals surface area contributed by atoms with Crippen LogP contribution in [0.2, 0.25) is 0 Å². The fourth-order valence-corrected chi connectivity index (χ4v) is 1.88. The van der Waals surface area contributed by atoms with E-state index in [0.717, 1.165) is 11.1 Å². The number of benzene rings is 1. The molecule has 4 nitrogen and oxygen atoms in total. The van der Waals surface area contributed by atoms with Crippen molar-refractivity contribution in [3.05, 3.63) is 57.8 Å². The summed E-state index contributed by atoms with van der Waals surface area (Å²) < 4.78 is 3.27. The molecule has 0 aliphatic carbocycles. The zero-order valence-electron chi connectivity index (χ0n) is 10.2. The summed E-state index contributed by atoms with van der Waals surface area (Å²) in [7, 11) is 1.75. The van der Waals surface area contributed by atoms with E-state index >= 15 is 0 Å². The average molecular weight is 231 g/mol. The molecule has 0 fully saturated rings. The number of nitrogens with two attached hydrogens (primary N) is 1. The molecule has 0 unspecified atom stereocenters. The Morgan fingerprint density at radius 1 is 1.29 bits per heavy atom. The van der Waals surface area contributed by atoms with Gasteiger partial charge in [0.15, 0.2) is 0 Å². The van der Waals surface area contributed by atoms with E-state index in [1.807, 2.05) is 19.1 Å². The van der Waals surface area contributed by atoms with E-state index in [1.54, 1.807) is 28.6 Å². The molecule has 0 bridgehead atoms. The van der Waals surface area contributed by atoms with Crippen LogP contribution >= 0.6 is 0 Å². The van der Waals surface area contributed by atoms with Crippen LogP contribution in [0.3, 0.4) is 0 Å². The number of aryl methyl sites for hydroxylation is 2. The van der Waals surface area contributed by atoms with Gasteiger partial charge in [0, 0.05) is 26.0 Å². The molecule has 0 atom stereocenters. The van der Waals surface area contributed by atoms with Crippen LogP contribution in [0.4, 0.5) is 0 Å². The van der Waals surface area contributed by atoms with Crippen LogP contribution in [0, 0.1) is 6.92 Å². The van der Waals surface area contributed by atoms with Crippen molar-refractivity contribution in [1.29, 1.82) is 0 Å². The zero-order chi connectivity index (χ0) is 12.4. The molecule has 0 spiro atoms. The highest BCUT2D eigenvalue weighted by Crippen LogP contribution is 2.11. The lowest BCUT2D eigenvalue weighted by atomic mass is 10.1. The molecule has 0 saturated heterocycles. The van der Waals surface area contributed by atoms with Gasteiger partial charge < -0.3 is 10.3 Å². The fraction of sp³-hybridized carbons (Fsp3) is 0.308. The van der Waals surface area contributed by atoms with Gasteiger partial charge in [-0.15, -0.1) is 0 Å². The molecule has 0 saturated carbocycles. The minimum Gasteiger partial charge on any atom is -0.326 e. The average Bonchev–Trinajstić information content (AvgIpc) is 2.63. The van der Waals surface area contributed by atoms with E-state index in [4.69, 9.17) is 5.73 Å². The summed E-state index contributed by atoms with van der Waals surface area (Å²) in [4.78, 5) is 11.7. The first-order valence-electron chi connectivity index (χ1n) is 5.62. The molecule has 17 heavy (non-hydrogen) atoms. The topological polar surface area (TPSA) is 52.9 Å². The van der Waals surface area contributed by atoms with Crippen molar-refractivity contribution < 1.29 is 0 Å².